The van der Waals surface area contributed by atoms with E-state index in [4.69, 9.17) is 0 Å². The van der Waals surface area contributed by atoms with Gasteiger partial charge >= 0.3 is 12.1 Å². The summed E-state index contributed by atoms with van der Waals surface area (Å²) in [6.45, 7) is 1.22. The van der Waals surface area contributed by atoms with E-state index in [9.17, 15) is 23.1 Å². The number of aliphatic hydroxyl groups excluding tert-OH is 1. The van der Waals surface area contributed by atoms with Gasteiger partial charge in [0.1, 0.15) is 0 Å². The molecule has 94 valence electrons. The largest absolute Gasteiger partial charge is 0.465 e. The minimum Gasteiger partial charge on any atom is -0.465 e. The minimum atomic E-state index is -4.63. The molecule has 0 saturated heterocycles. The van der Waals surface area contributed by atoms with Crippen LogP contribution in [0, 0.1) is 0 Å². The van der Waals surface area contributed by atoms with Crippen molar-refractivity contribution in [3.8, 4) is 0 Å². The van der Waals surface area contributed by atoms with Gasteiger partial charge in [0.15, 0.2) is 0 Å². The van der Waals surface area contributed by atoms with Crippen molar-refractivity contribution in [3.63, 3.8) is 0 Å². The number of benzene rings is 1. The number of carbonyl (C=O) groups excluding carboxylic acids is 1. The van der Waals surface area contributed by atoms with Crippen molar-refractivity contribution in [2.24, 2.45) is 0 Å². The highest BCUT2D eigenvalue weighted by Gasteiger charge is 2.35. The van der Waals surface area contributed by atoms with Gasteiger partial charge in [-0.3, -0.25) is 0 Å². The van der Waals surface area contributed by atoms with E-state index in [-0.39, 0.29) is 11.1 Å². The monoisotopic (exact) mass is 248 g/mol. The Morgan fingerprint density at radius 1 is 1.41 bits per heavy atom. The van der Waals surface area contributed by atoms with Gasteiger partial charge in [0.25, 0.3) is 0 Å². The number of carbonyl (C=O) groups is 1. The normalized spacial score (nSPS) is 13.3. The molecule has 1 rings (SSSR count). The van der Waals surface area contributed by atoms with Gasteiger partial charge in [-0.05, 0) is 24.6 Å². The van der Waals surface area contributed by atoms with E-state index in [1.807, 2.05) is 0 Å². The molecule has 17 heavy (non-hydrogen) atoms. The number of hydrogen-bond donors (Lipinski definition) is 1. The molecular weight excluding hydrogens is 237 g/mol. The molecule has 0 aliphatic heterocycles. The summed E-state index contributed by atoms with van der Waals surface area (Å²) in [5.74, 6) is -0.854. The van der Waals surface area contributed by atoms with Gasteiger partial charge < -0.3 is 9.84 Å². The summed E-state index contributed by atoms with van der Waals surface area (Å²) in [6, 6.07) is 2.93. The molecule has 0 spiro atoms. The minimum absolute atomic E-state index is 0.204. The maximum Gasteiger partial charge on any atom is 0.416 e. The van der Waals surface area contributed by atoms with Gasteiger partial charge in [0.2, 0.25) is 0 Å². The number of hydrogen-bond acceptors (Lipinski definition) is 3. The first-order chi connectivity index (χ1) is 7.77. The van der Waals surface area contributed by atoms with Gasteiger partial charge in [-0.25, -0.2) is 4.79 Å². The molecule has 0 heterocycles. The third-order valence-electron chi connectivity index (χ3n) is 2.23. The molecule has 0 fully saturated rings. The van der Waals surface area contributed by atoms with Crippen LogP contribution in [-0.2, 0) is 10.9 Å². The first-order valence-corrected chi connectivity index (χ1v) is 4.75. The van der Waals surface area contributed by atoms with Crippen LogP contribution in [0.25, 0.3) is 0 Å². The molecule has 1 aromatic carbocycles. The fourth-order valence-corrected chi connectivity index (χ4v) is 1.41. The molecule has 0 saturated carbocycles. The molecule has 6 heteroatoms. The molecule has 3 nitrogen and oxygen atoms in total. The van der Waals surface area contributed by atoms with Gasteiger partial charge in [-0.2, -0.15) is 13.2 Å². The van der Waals surface area contributed by atoms with Crippen molar-refractivity contribution in [3.05, 3.63) is 34.9 Å². The SMILES string of the molecule is COC(=O)c1ccc([C@@H](C)O)c(C(F)(F)F)c1. The predicted molar refractivity (Wildman–Crippen MR) is 53.4 cm³/mol. The van der Waals surface area contributed by atoms with E-state index >= 15 is 0 Å². The number of halogens is 3. The molecule has 1 aromatic rings. The summed E-state index contributed by atoms with van der Waals surface area (Å²) in [5.41, 5.74) is -1.51. The fraction of sp³-hybridized carbons (Fsp3) is 0.364. The highest BCUT2D eigenvalue weighted by atomic mass is 19.4. The zero-order valence-corrected chi connectivity index (χ0v) is 9.21. The third kappa shape index (κ3) is 2.97. The third-order valence-corrected chi connectivity index (χ3v) is 2.23. The van der Waals surface area contributed by atoms with E-state index in [1.165, 1.54) is 13.0 Å². The van der Waals surface area contributed by atoms with Crippen molar-refractivity contribution >= 4 is 5.97 Å². The van der Waals surface area contributed by atoms with Crippen LogP contribution in [0.15, 0.2) is 18.2 Å². The Morgan fingerprint density at radius 2 is 2.00 bits per heavy atom. The molecule has 1 atom stereocenters. The Morgan fingerprint density at radius 3 is 2.41 bits per heavy atom. The van der Waals surface area contributed by atoms with E-state index in [1.54, 1.807) is 0 Å². The highest BCUT2D eigenvalue weighted by Crippen LogP contribution is 2.35. The van der Waals surface area contributed by atoms with E-state index in [0.29, 0.717) is 6.07 Å². The van der Waals surface area contributed by atoms with E-state index in [2.05, 4.69) is 4.74 Å². The van der Waals surface area contributed by atoms with Gasteiger partial charge in [-0.1, -0.05) is 6.07 Å². The summed E-state index contributed by atoms with van der Waals surface area (Å²) >= 11 is 0. The first-order valence-electron chi connectivity index (χ1n) is 4.75. The van der Waals surface area contributed by atoms with Gasteiger partial charge in [0, 0.05) is 0 Å². The van der Waals surface area contributed by atoms with Crippen LogP contribution in [0.5, 0.6) is 0 Å². The molecule has 0 aliphatic carbocycles. The lowest BCUT2D eigenvalue weighted by atomic mass is 10.00. The Bertz CT molecular complexity index is 424. The van der Waals surface area contributed by atoms with Crippen LogP contribution in [0.4, 0.5) is 13.2 Å². The number of rotatable bonds is 2. The van der Waals surface area contributed by atoms with Crippen LogP contribution >= 0.6 is 0 Å². The van der Waals surface area contributed by atoms with Crippen molar-refractivity contribution in [2.75, 3.05) is 7.11 Å². The Balaban J connectivity index is 3.35. The number of esters is 1. The fourth-order valence-electron chi connectivity index (χ4n) is 1.41. The Labute approximate surface area is 95.8 Å². The standard InChI is InChI=1S/C11H11F3O3/c1-6(15)8-4-3-7(10(16)17-2)5-9(8)11(12,13)14/h3-6,15H,1-2H3/t6-/m1/s1. The summed E-state index contributed by atoms with van der Waals surface area (Å²) in [4.78, 5) is 11.1. The average Bonchev–Trinajstić information content (AvgIpc) is 2.25. The predicted octanol–water partition coefficient (Wildman–Crippen LogP) is 2.55. The number of methoxy groups -OCH3 is 1. The second-order valence-corrected chi connectivity index (χ2v) is 3.47. The Kier molecular flexibility index (Phi) is 3.77. The lowest BCUT2D eigenvalue weighted by Gasteiger charge is -2.15. The summed E-state index contributed by atoms with van der Waals surface area (Å²) < 4.78 is 42.4. The molecule has 0 amide bonds. The van der Waals surface area contributed by atoms with Gasteiger partial charge in [-0.15, -0.1) is 0 Å². The first kappa shape index (κ1) is 13.5. The van der Waals surface area contributed by atoms with Crippen molar-refractivity contribution in [1.29, 1.82) is 0 Å². The quantitative estimate of drug-likeness (QED) is 0.818. The highest BCUT2D eigenvalue weighted by molar-refractivity contribution is 5.89. The molecule has 0 aliphatic rings. The molecule has 0 unspecified atom stereocenters. The summed E-state index contributed by atoms with van der Waals surface area (Å²) in [5, 5.41) is 9.24. The maximum atomic E-state index is 12.7. The maximum absolute atomic E-state index is 12.7. The molecular formula is C11H11F3O3. The Hall–Kier alpha value is -1.56. The summed E-state index contributed by atoms with van der Waals surface area (Å²) in [7, 11) is 1.08. The topological polar surface area (TPSA) is 46.5 Å². The second-order valence-electron chi connectivity index (χ2n) is 3.47. The smallest absolute Gasteiger partial charge is 0.416 e. The average molecular weight is 248 g/mol. The molecule has 0 aromatic heterocycles. The number of alkyl halides is 3. The summed E-state index contributed by atoms with van der Waals surface area (Å²) in [6.07, 6.45) is -5.89. The van der Waals surface area contributed by atoms with Crippen molar-refractivity contribution in [2.45, 2.75) is 19.2 Å². The van der Waals surface area contributed by atoms with Gasteiger partial charge in [0.05, 0.1) is 24.3 Å². The molecule has 0 radical (unpaired) electrons. The van der Waals surface area contributed by atoms with Crippen molar-refractivity contribution < 1.29 is 27.8 Å². The van der Waals surface area contributed by atoms with Crippen molar-refractivity contribution in [1.82, 2.24) is 0 Å². The van der Waals surface area contributed by atoms with Crippen LogP contribution < -0.4 is 0 Å². The number of aliphatic hydroxyl groups is 1. The zero-order valence-electron chi connectivity index (χ0n) is 9.21. The molecule has 0 bridgehead atoms. The van der Waals surface area contributed by atoms with Crippen LogP contribution in [-0.4, -0.2) is 18.2 Å². The molecule has 1 N–H and O–H groups in total. The van der Waals surface area contributed by atoms with Crippen LogP contribution in [0.2, 0.25) is 0 Å². The number of ether oxygens (including phenoxy) is 1. The lowest BCUT2D eigenvalue weighted by Crippen LogP contribution is -2.13. The van der Waals surface area contributed by atoms with E-state index in [0.717, 1.165) is 13.2 Å². The van der Waals surface area contributed by atoms with Crippen LogP contribution in [0.3, 0.4) is 0 Å². The second kappa shape index (κ2) is 4.75. The van der Waals surface area contributed by atoms with Crippen LogP contribution in [0.1, 0.15) is 34.5 Å². The lowest BCUT2D eigenvalue weighted by molar-refractivity contribution is -0.139. The van der Waals surface area contributed by atoms with E-state index < -0.39 is 23.8 Å². The zero-order chi connectivity index (χ0) is 13.2.